The molecule has 7 heteroatoms. The van der Waals surface area contributed by atoms with Crippen LogP contribution in [0.5, 0.6) is 0 Å². The standard InChI is InChI=1S/C14H19N3O2S2/c1-10-4-5-12(7-15-3)6-14(10)21(18,19)16-8-13-9-20-11(2)17-13/h4-6,9,15-16H,7-8H2,1-3H3. The minimum Gasteiger partial charge on any atom is -0.316 e. The number of sulfonamides is 1. The second-order valence-electron chi connectivity index (χ2n) is 4.81. The van der Waals surface area contributed by atoms with Gasteiger partial charge in [-0.2, -0.15) is 0 Å². The Morgan fingerprint density at radius 3 is 2.62 bits per heavy atom. The molecule has 21 heavy (non-hydrogen) atoms. The molecular weight excluding hydrogens is 306 g/mol. The number of thiazole rings is 1. The van der Waals surface area contributed by atoms with Gasteiger partial charge in [0.05, 0.1) is 22.1 Å². The largest absolute Gasteiger partial charge is 0.316 e. The van der Waals surface area contributed by atoms with Gasteiger partial charge in [-0.3, -0.25) is 0 Å². The Balaban J connectivity index is 2.20. The summed E-state index contributed by atoms with van der Waals surface area (Å²) < 4.78 is 27.5. The van der Waals surface area contributed by atoms with Crippen molar-refractivity contribution in [2.24, 2.45) is 0 Å². The fraction of sp³-hybridized carbons (Fsp3) is 0.357. The lowest BCUT2D eigenvalue weighted by Crippen LogP contribution is -2.24. The highest BCUT2D eigenvalue weighted by Gasteiger charge is 2.17. The van der Waals surface area contributed by atoms with E-state index in [1.54, 1.807) is 13.0 Å². The maximum absolute atomic E-state index is 12.4. The van der Waals surface area contributed by atoms with E-state index in [-0.39, 0.29) is 6.54 Å². The Morgan fingerprint density at radius 2 is 2.00 bits per heavy atom. The number of nitrogens with one attached hydrogen (secondary N) is 2. The second-order valence-corrected chi connectivity index (χ2v) is 7.61. The number of nitrogens with zero attached hydrogens (tertiary/aromatic N) is 1. The van der Waals surface area contributed by atoms with Gasteiger partial charge in [0.2, 0.25) is 10.0 Å². The third kappa shape index (κ3) is 4.10. The molecule has 0 saturated heterocycles. The SMILES string of the molecule is CNCc1ccc(C)c(S(=O)(=O)NCc2csc(C)n2)c1. The summed E-state index contributed by atoms with van der Waals surface area (Å²) in [6.45, 7) is 4.54. The minimum atomic E-state index is -3.53. The van der Waals surface area contributed by atoms with Crippen LogP contribution in [0, 0.1) is 13.8 Å². The molecule has 0 atom stereocenters. The van der Waals surface area contributed by atoms with Crippen molar-refractivity contribution in [3.63, 3.8) is 0 Å². The van der Waals surface area contributed by atoms with Crippen LogP contribution in [0.2, 0.25) is 0 Å². The van der Waals surface area contributed by atoms with E-state index >= 15 is 0 Å². The summed E-state index contributed by atoms with van der Waals surface area (Å²) in [5.74, 6) is 0. The van der Waals surface area contributed by atoms with Gasteiger partial charge in [-0.05, 0) is 38.1 Å². The van der Waals surface area contributed by atoms with Crippen LogP contribution >= 0.6 is 11.3 Å². The minimum absolute atomic E-state index is 0.211. The van der Waals surface area contributed by atoms with Crippen molar-refractivity contribution in [2.75, 3.05) is 7.05 Å². The van der Waals surface area contributed by atoms with Crippen molar-refractivity contribution >= 4 is 21.4 Å². The van der Waals surface area contributed by atoms with Crippen molar-refractivity contribution in [1.29, 1.82) is 0 Å². The van der Waals surface area contributed by atoms with Crippen LogP contribution in [-0.2, 0) is 23.1 Å². The highest BCUT2D eigenvalue weighted by atomic mass is 32.2. The predicted molar refractivity (Wildman–Crippen MR) is 84.8 cm³/mol. The quantitative estimate of drug-likeness (QED) is 0.852. The molecule has 0 amide bonds. The van der Waals surface area contributed by atoms with E-state index < -0.39 is 10.0 Å². The number of hydrogen-bond donors (Lipinski definition) is 2. The molecule has 0 bridgehead atoms. The van der Waals surface area contributed by atoms with Gasteiger partial charge in [0.1, 0.15) is 0 Å². The fourth-order valence-corrected chi connectivity index (χ4v) is 3.89. The molecule has 2 aromatic rings. The number of aromatic nitrogens is 1. The molecule has 2 rings (SSSR count). The van der Waals surface area contributed by atoms with Crippen LogP contribution in [0.3, 0.4) is 0 Å². The Bertz CT molecular complexity index is 724. The number of rotatable bonds is 6. The molecule has 0 aliphatic heterocycles. The Labute approximate surface area is 129 Å². The molecule has 0 saturated carbocycles. The third-order valence-electron chi connectivity index (χ3n) is 3.03. The van der Waals surface area contributed by atoms with Gasteiger partial charge in [0, 0.05) is 11.9 Å². The number of aryl methyl sites for hydroxylation is 2. The average molecular weight is 325 g/mol. The topological polar surface area (TPSA) is 71.1 Å². The molecule has 0 unspecified atom stereocenters. The van der Waals surface area contributed by atoms with Crippen LogP contribution in [-0.4, -0.2) is 20.4 Å². The number of benzene rings is 1. The molecule has 0 aliphatic rings. The normalized spacial score (nSPS) is 11.8. The van der Waals surface area contributed by atoms with E-state index in [2.05, 4.69) is 15.0 Å². The van der Waals surface area contributed by atoms with Crippen LogP contribution in [0.25, 0.3) is 0 Å². The second kappa shape index (κ2) is 6.65. The summed E-state index contributed by atoms with van der Waals surface area (Å²) in [7, 11) is -1.70. The lowest BCUT2D eigenvalue weighted by molar-refractivity contribution is 0.579. The maximum Gasteiger partial charge on any atom is 0.241 e. The third-order valence-corrected chi connectivity index (χ3v) is 5.40. The zero-order chi connectivity index (χ0) is 15.5. The number of hydrogen-bond acceptors (Lipinski definition) is 5. The lowest BCUT2D eigenvalue weighted by atomic mass is 10.1. The first-order valence-corrected chi connectivity index (χ1v) is 8.93. The van der Waals surface area contributed by atoms with Gasteiger partial charge in [-0.15, -0.1) is 11.3 Å². The summed E-state index contributed by atoms with van der Waals surface area (Å²) in [5, 5.41) is 5.81. The van der Waals surface area contributed by atoms with E-state index in [0.29, 0.717) is 11.4 Å². The Kier molecular flexibility index (Phi) is 5.10. The molecule has 2 N–H and O–H groups in total. The van der Waals surface area contributed by atoms with Crippen molar-refractivity contribution < 1.29 is 8.42 Å². The van der Waals surface area contributed by atoms with Crippen LogP contribution < -0.4 is 10.0 Å². The molecule has 0 radical (unpaired) electrons. The molecule has 1 aromatic heterocycles. The monoisotopic (exact) mass is 325 g/mol. The summed E-state index contributed by atoms with van der Waals surface area (Å²) in [6, 6.07) is 5.46. The first-order valence-electron chi connectivity index (χ1n) is 6.57. The van der Waals surface area contributed by atoms with Gasteiger partial charge in [0.25, 0.3) is 0 Å². The van der Waals surface area contributed by atoms with E-state index in [4.69, 9.17) is 0 Å². The van der Waals surface area contributed by atoms with E-state index in [1.165, 1.54) is 11.3 Å². The van der Waals surface area contributed by atoms with Crippen molar-refractivity contribution in [2.45, 2.75) is 31.8 Å². The smallest absolute Gasteiger partial charge is 0.241 e. The zero-order valence-electron chi connectivity index (χ0n) is 12.3. The van der Waals surface area contributed by atoms with E-state index in [1.807, 2.05) is 31.5 Å². The molecule has 5 nitrogen and oxygen atoms in total. The molecule has 0 fully saturated rings. The van der Waals surface area contributed by atoms with Gasteiger partial charge in [-0.1, -0.05) is 12.1 Å². The molecule has 0 spiro atoms. The molecule has 1 aromatic carbocycles. The highest BCUT2D eigenvalue weighted by molar-refractivity contribution is 7.89. The predicted octanol–water partition coefficient (Wildman–Crippen LogP) is 1.96. The summed E-state index contributed by atoms with van der Waals surface area (Å²) >= 11 is 1.51. The lowest BCUT2D eigenvalue weighted by Gasteiger charge is -2.10. The summed E-state index contributed by atoms with van der Waals surface area (Å²) in [6.07, 6.45) is 0. The van der Waals surface area contributed by atoms with Crippen molar-refractivity contribution in [3.8, 4) is 0 Å². The maximum atomic E-state index is 12.4. The first-order chi connectivity index (χ1) is 9.92. The van der Waals surface area contributed by atoms with Gasteiger partial charge < -0.3 is 5.32 Å². The highest BCUT2D eigenvalue weighted by Crippen LogP contribution is 2.18. The zero-order valence-corrected chi connectivity index (χ0v) is 13.9. The van der Waals surface area contributed by atoms with E-state index in [0.717, 1.165) is 21.8 Å². The van der Waals surface area contributed by atoms with E-state index in [9.17, 15) is 8.42 Å². The van der Waals surface area contributed by atoms with Crippen LogP contribution in [0.15, 0.2) is 28.5 Å². The molecule has 0 aliphatic carbocycles. The van der Waals surface area contributed by atoms with Crippen LogP contribution in [0.4, 0.5) is 0 Å². The molecule has 1 heterocycles. The average Bonchev–Trinajstić information content (AvgIpc) is 2.85. The van der Waals surface area contributed by atoms with Gasteiger partial charge >= 0.3 is 0 Å². The first kappa shape index (κ1) is 16.1. The Hall–Kier alpha value is -1.28. The fourth-order valence-electron chi connectivity index (χ4n) is 1.98. The summed E-state index contributed by atoms with van der Waals surface area (Å²) in [4.78, 5) is 4.58. The van der Waals surface area contributed by atoms with Crippen molar-refractivity contribution in [3.05, 3.63) is 45.4 Å². The Morgan fingerprint density at radius 1 is 1.24 bits per heavy atom. The van der Waals surface area contributed by atoms with Crippen molar-refractivity contribution in [1.82, 2.24) is 15.0 Å². The van der Waals surface area contributed by atoms with Crippen LogP contribution in [0.1, 0.15) is 21.8 Å². The van der Waals surface area contributed by atoms with Gasteiger partial charge in [-0.25, -0.2) is 18.1 Å². The molecular formula is C14H19N3O2S2. The molecule has 114 valence electrons. The summed E-state index contributed by atoms with van der Waals surface area (Å²) in [5.41, 5.74) is 2.41. The van der Waals surface area contributed by atoms with Gasteiger partial charge in [0.15, 0.2) is 0 Å².